The second-order valence-electron chi connectivity index (χ2n) is 6.65. The molecule has 0 fully saturated rings. The average Bonchev–Trinajstić information content (AvgIpc) is 3.18. The summed E-state index contributed by atoms with van der Waals surface area (Å²) in [7, 11) is 0. The first-order valence-corrected chi connectivity index (χ1v) is 9.76. The maximum absolute atomic E-state index is 10.1. The van der Waals surface area contributed by atoms with Crippen LogP contribution >= 0.6 is 11.6 Å². The van der Waals surface area contributed by atoms with Gasteiger partial charge < -0.3 is 5.11 Å². The van der Waals surface area contributed by atoms with Gasteiger partial charge in [-0.3, -0.25) is 0 Å². The predicted octanol–water partition coefficient (Wildman–Crippen LogP) is 5.93. The number of aromatic nitrogens is 2. The van der Waals surface area contributed by atoms with Crippen molar-refractivity contribution < 1.29 is 5.11 Å². The number of hydrogen-bond acceptors (Lipinski definition) is 4. The minimum atomic E-state index is 0.0912. The summed E-state index contributed by atoms with van der Waals surface area (Å²) in [6.45, 7) is 1.94. The number of rotatable bonds is 5. The highest BCUT2D eigenvalue weighted by molar-refractivity contribution is 6.30. The Labute approximate surface area is 179 Å². The fourth-order valence-corrected chi connectivity index (χ4v) is 3.11. The van der Waals surface area contributed by atoms with Crippen LogP contribution in [0.3, 0.4) is 0 Å². The zero-order valence-electron chi connectivity index (χ0n) is 16.3. The molecule has 4 rings (SSSR count). The van der Waals surface area contributed by atoms with Gasteiger partial charge in [0.25, 0.3) is 5.95 Å². The second kappa shape index (κ2) is 8.76. The Morgan fingerprint density at radius 1 is 1.00 bits per heavy atom. The van der Waals surface area contributed by atoms with Crippen molar-refractivity contribution in [3.05, 3.63) is 101 Å². The van der Waals surface area contributed by atoms with Gasteiger partial charge >= 0.3 is 0 Å². The van der Waals surface area contributed by atoms with Crippen molar-refractivity contribution in [3.8, 4) is 17.0 Å². The van der Waals surface area contributed by atoms with E-state index >= 15 is 0 Å². The molecular formula is C24H19ClN4O. The number of phenols is 1. The molecule has 0 amide bonds. The maximum Gasteiger partial charge on any atom is 0.251 e. The summed E-state index contributed by atoms with van der Waals surface area (Å²) in [4.78, 5) is 9.11. The van der Waals surface area contributed by atoms with E-state index in [1.54, 1.807) is 16.8 Å². The predicted molar refractivity (Wildman–Crippen MR) is 122 cm³/mol. The van der Waals surface area contributed by atoms with Crippen molar-refractivity contribution in [3.63, 3.8) is 0 Å². The van der Waals surface area contributed by atoms with Crippen molar-refractivity contribution in [1.29, 1.82) is 0 Å². The molecular weight excluding hydrogens is 396 g/mol. The molecule has 0 spiro atoms. The first-order chi connectivity index (χ1) is 14.6. The van der Waals surface area contributed by atoms with Gasteiger partial charge in [-0.05, 0) is 30.7 Å². The smallest absolute Gasteiger partial charge is 0.251 e. The van der Waals surface area contributed by atoms with E-state index in [-0.39, 0.29) is 5.75 Å². The van der Waals surface area contributed by atoms with Crippen LogP contribution in [-0.2, 0) is 0 Å². The van der Waals surface area contributed by atoms with Crippen LogP contribution in [0.1, 0.15) is 18.1 Å². The normalized spacial score (nSPS) is 11.9. The molecule has 0 aliphatic rings. The topological polar surface area (TPSA) is 62.8 Å². The van der Waals surface area contributed by atoms with Crippen LogP contribution in [0.4, 0.5) is 5.95 Å². The van der Waals surface area contributed by atoms with Crippen LogP contribution < -0.4 is 0 Å². The standard InChI is InChI=1S/C24H19ClN4O/c1-17(18-8-4-2-5-9-18)28-29-16-22(19-10-6-3-7-11-19)27-24(29)26-15-20-14-21(25)12-13-23(20)30/h2-16,30H,1H3/b26-15?,28-17+. The summed E-state index contributed by atoms with van der Waals surface area (Å²) >= 11 is 6.04. The molecule has 30 heavy (non-hydrogen) atoms. The summed E-state index contributed by atoms with van der Waals surface area (Å²) in [5.41, 5.74) is 4.06. The van der Waals surface area contributed by atoms with E-state index in [0.717, 1.165) is 22.5 Å². The quantitative estimate of drug-likeness (QED) is 0.411. The first kappa shape index (κ1) is 19.6. The number of aliphatic imine (C=N–C) groups is 1. The van der Waals surface area contributed by atoms with Crippen LogP contribution in [0.5, 0.6) is 5.75 Å². The molecule has 6 heteroatoms. The van der Waals surface area contributed by atoms with Crippen LogP contribution in [0, 0.1) is 0 Å². The minimum Gasteiger partial charge on any atom is -0.507 e. The molecule has 0 aliphatic carbocycles. The van der Waals surface area contributed by atoms with Gasteiger partial charge in [-0.2, -0.15) is 5.10 Å². The van der Waals surface area contributed by atoms with Gasteiger partial charge in [0.2, 0.25) is 0 Å². The fourth-order valence-electron chi connectivity index (χ4n) is 2.93. The number of nitrogens with zero attached hydrogens (tertiary/aromatic N) is 4. The largest absolute Gasteiger partial charge is 0.507 e. The highest BCUT2D eigenvalue weighted by atomic mass is 35.5. The highest BCUT2D eigenvalue weighted by Crippen LogP contribution is 2.24. The van der Waals surface area contributed by atoms with Crippen molar-refractivity contribution in [2.75, 3.05) is 0 Å². The molecule has 1 heterocycles. The molecule has 0 bridgehead atoms. The number of aromatic hydroxyl groups is 1. The molecule has 0 saturated carbocycles. The molecule has 1 N–H and O–H groups in total. The molecule has 3 aromatic carbocycles. The van der Waals surface area contributed by atoms with Crippen LogP contribution in [0.15, 0.2) is 95.2 Å². The minimum absolute atomic E-state index is 0.0912. The molecule has 0 aliphatic heterocycles. The molecule has 148 valence electrons. The van der Waals surface area contributed by atoms with Crippen LogP contribution in [0.25, 0.3) is 11.3 Å². The van der Waals surface area contributed by atoms with Gasteiger partial charge in [0.1, 0.15) is 5.75 Å². The number of phenolic OH excluding ortho intramolecular Hbond substituents is 1. The first-order valence-electron chi connectivity index (χ1n) is 9.38. The molecule has 1 aromatic heterocycles. The van der Waals surface area contributed by atoms with Crippen molar-refractivity contribution in [1.82, 2.24) is 9.66 Å². The van der Waals surface area contributed by atoms with E-state index < -0.39 is 0 Å². The zero-order chi connectivity index (χ0) is 20.9. The van der Waals surface area contributed by atoms with Gasteiger partial charge in [-0.25, -0.2) is 14.7 Å². The summed E-state index contributed by atoms with van der Waals surface area (Å²) in [5.74, 6) is 0.483. The third-order valence-corrected chi connectivity index (χ3v) is 4.73. The van der Waals surface area contributed by atoms with Crippen molar-refractivity contribution in [2.24, 2.45) is 10.1 Å². The molecule has 0 atom stereocenters. The number of benzene rings is 3. The van der Waals surface area contributed by atoms with E-state index in [2.05, 4.69) is 9.98 Å². The Morgan fingerprint density at radius 3 is 2.43 bits per heavy atom. The summed E-state index contributed by atoms with van der Waals surface area (Å²) in [6, 6.07) is 24.5. The van der Waals surface area contributed by atoms with Gasteiger partial charge in [0.05, 0.1) is 17.6 Å². The Morgan fingerprint density at radius 2 is 1.70 bits per heavy atom. The van der Waals surface area contributed by atoms with E-state index in [1.807, 2.05) is 73.8 Å². The fraction of sp³-hybridized carbons (Fsp3) is 0.0417. The Kier molecular flexibility index (Phi) is 5.72. The molecule has 0 radical (unpaired) electrons. The van der Waals surface area contributed by atoms with Gasteiger partial charge in [-0.15, -0.1) is 0 Å². The number of hydrogen-bond donors (Lipinski definition) is 1. The highest BCUT2D eigenvalue weighted by Gasteiger charge is 2.10. The molecule has 0 unspecified atom stereocenters. The molecule has 0 saturated heterocycles. The summed E-state index contributed by atoms with van der Waals surface area (Å²) < 4.78 is 1.64. The Hall–Kier alpha value is -3.70. The average molecular weight is 415 g/mol. The van der Waals surface area contributed by atoms with E-state index in [0.29, 0.717) is 16.5 Å². The summed E-state index contributed by atoms with van der Waals surface area (Å²) in [5, 5.41) is 15.3. The lowest BCUT2D eigenvalue weighted by atomic mass is 10.1. The lowest BCUT2D eigenvalue weighted by Gasteiger charge is -2.02. The van der Waals surface area contributed by atoms with Crippen LogP contribution in [-0.4, -0.2) is 26.7 Å². The van der Waals surface area contributed by atoms with Gasteiger partial charge in [0, 0.05) is 22.4 Å². The Bertz CT molecular complexity index is 1210. The molecule has 5 nitrogen and oxygen atoms in total. The van der Waals surface area contributed by atoms with E-state index in [9.17, 15) is 5.11 Å². The third-order valence-electron chi connectivity index (χ3n) is 4.50. The van der Waals surface area contributed by atoms with Gasteiger partial charge in [-0.1, -0.05) is 72.3 Å². The second-order valence-corrected chi connectivity index (χ2v) is 7.09. The van der Waals surface area contributed by atoms with E-state index in [4.69, 9.17) is 16.7 Å². The lowest BCUT2D eigenvalue weighted by molar-refractivity contribution is 0.474. The monoisotopic (exact) mass is 414 g/mol. The van der Waals surface area contributed by atoms with E-state index in [1.165, 1.54) is 12.3 Å². The maximum atomic E-state index is 10.1. The SMILES string of the molecule is C/C(=N\n1cc(-c2ccccc2)nc1N=Cc1cc(Cl)ccc1O)c1ccccc1. The van der Waals surface area contributed by atoms with Crippen LogP contribution in [0.2, 0.25) is 5.02 Å². The Balaban J connectivity index is 1.77. The zero-order valence-corrected chi connectivity index (χ0v) is 17.0. The van der Waals surface area contributed by atoms with Crippen molar-refractivity contribution in [2.45, 2.75) is 6.92 Å². The van der Waals surface area contributed by atoms with Crippen molar-refractivity contribution >= 4 is 29.5 Å². The summed E-state index contributed by atoms with van der Waals surface area (Å²) in [6.07, 6.45) is 3.37. The number of halogens is 1. The number of imidazole rings is 1. The van der Waals surface area contributed by atoms with Gasteiger partial charge in [0.15, 0.2) is 0 Å². The molecule has 4 aromatic rings. The lowest BCUT2D eigenvalue weighted by Crippen LogP contribution is -1.98. The third kappa shape index (κ3) is 4.47.